The molecule has 13 heteroatoms. The molecule has 2 atom stereocenters. The van der Waals surface area contributed by atoms with Gasteiger partial charge in [0, 0.05) is 44.7 Å². The smallest absolute Gasteiger partial charge is 0.324 e. The van der Waals surface area contributed by atoms with Gasteiger partial charge in [-0.05, 0) is 111 Å². The van der Waals surface area contributed by atoms with Gasteiger partial charge in [-0.15, -0.1) is 0 Å². The lowest BCUT2D eigenvalue weighted by atomic mass is 10.0. The average molecular weight is 868 g/mol. The fourth-order valence-corrected chi connectivity index (χ4v) is 7.04. The molecule has 0 aliphatic rings. The summed E-state index contributed by atoms with van der Waals surface area (Å²) in [5.74, 6) is -2.51. The van der Waals surface area contributed by atoms with Gasteiger partial charge in [-0.1, -0.05) is 91.9 Å². The largest absolute Gasteiger partial charge is 0.466 e. The highest BCUT2D eigenvalue weighted by Gasteiger charge is 2.28. The Kier molecular flexibility index (Phi) is 37.5. The van der Waals surface area contributed by atoms with Crippen molar-refractivity contribution < 1.29 is 47.7 Å². The summed E-state index contributed by atoms with van der Waals surface area (Å²) in [4.78, 5) is 79.9. The predicted octanol–water partition coefficient (Wildman–Crippen LogP) is 10.2. The minimum Gasteiger partial charge on any atom is -0.466 e. The molecule has 0 saturated carbocycles. The number of ether oxygens (including phenoxy) is 4. The Morgan fingerprint density at radius 2 is 0.902 bits per heavy atom. The van der Waals surface area contributed by atoms with Crippen molar-refractivity contribution >= 4 is 35.8 Å². The van der Waals surface area contributed by atoms with Gasteiger partial charge in [0.1, 0.15) is 12.2 Å². The Morgan fingerprint density at radius 3 is 1.30 bits per heavy atom. The molecule has 61 heavy (non-hydrogen) atoms. The third kappa shape index (κ3) is 33.1. The van der Waals surface area contributed by atoms with Crippen LogP contribution < -0.4 is 5.32 Å². The first kappa shape index (κ1) is 57.8. The minimum absolute atomic E-state index is 0.0438. The Labute approximate surface area is 370 Å². The third-order valence-electron chi connectivity index (χ3n) is 11.0. The van der Waals surface area contributed by atoms with Gasteiger partial charge in [-0.25, -0.2) is 4.79 Å². The molecule has 0 spiro atoms. The highest BCUT2D eigenvalue weighted by Crippen LogP contribution is 2.18. The van der Waals surface area contributed by atoms with E-state index in [4.69, 9.17) is 18.9 Å². The van der Waals surface area contributed by atoms with Crippen LogP contribution in [0.1, 0.15) is 208 Å². The lowest BCUT2D eigenvalue weighted by Gasteiger charge is -2.25. The van der Waals surface area contributed by atoms with Crippen LogP contribution in [0.3, 0.4) is 0 Å². The Balaban J connectivity index is 4.89. The normalized spacial score (nSPS) is 12.7. The lowest BCUT2D eigenvalue weighted by Crippen LogP contribution is -2.47. The molecule has 2 unspecified atom stereocenters. The highest BCUT2D eigenvalue weighted by molar-refractivity contribution is 5.95. The van der Waals surface area contributed by atoms with Crippen molar-refractivity contribution in [1.29, 1.82) is 0 Å². The van der Waals surface area contributed by atoms with Crippen molar-refractivity contribution in [3.05, 3.63) is 0 Å². The van der Waals surface area contributed by atoms with E-state index >= 15 is 0 Å². The van der Waals surface area contributed by atoms with Gasteiger partial charge in [0.15, 0.2) is 0 Å². The topological polar surface area (TPSA) is 158 Å². The second kappa shape index (κ2) is 39.6. The molecule has 0 aromatic rings. The predicted molar refractivity (Wildman–Crippen MR) is 242 cm³/mol. The molecule has 356 valence electrons. The Bertz CT molecular complexity index is 1100. The van der Waals surface area contributed by atoms with Crippen molar-refractivity contribution in [2.24, 2.45) is 5.92 Å². The van der Waals surface area contributed by atoms with Crippen LogP contribution in [0.4, 0.5) is 4.79 Å². The van der Waals surface area contributed by atoms with Crippen LogP contribution >= 0.6 is 0 Å². The van der Waals surface area contributed by atoms with E-state index in [9.17, 15) is 28.8 Å². The number of nitrogens with one attached hydrogen (secondary N) is 1. The van der Waals surface area contributed by atoms with Crippen LogP contribution in [0.25, 0.3) is 0 Å². The third-order valence-corrected chi connectivity index (χ3v) is 11.0. The number of esters is 4. The molecule has 0 fully saturated rings. The molecule has 0 radical (unpaired) electrons. The van der Waals surface area contributed by atoms with E-state index in [-0.39, 0.29) is 82.4 Å². The van der Waals surface area contributed by atoms with E-state index in [1.807, 2.05) is 32.8 Å². The number of carbonyl (C=O) groups is 6. The standard InChI is InChI=1S/C48H89N3O10/c1-8-13-15-17-19-21-28-41(10-3)60-45(54)32-25-23-30-43(52)58-38-34-40(47(56)51(12-5)48(57)49-36-27-37-50(6)7)35-39-59-44(53)31-24-26-33-46(55)61-42(11-4)29-22-20-18-16-14-9-2/h40-42H,8-39H2,1-7H3,(H,49,57). The van der Waals surface area contributed by atoms with Crippen LogP contribution in [-0.2, 0) is 42.9 Å². The van der Waals surface area contributed by atoms with Crippen LogP contribution in [0, 0.1) is 5.92 Å². The van der Waals surface area contributed by atoms with E-state index in [1.165, 1.54) is 51.4 Å². The lowest BCUT2D eigenvalue weighted by molar-refractivity contribution is -0.151. The van der Waals surface area contributed by atoms with Gasteiger partial charge >= 0.3 is 29.9 Å². The summed E-state index contributed by atoms with van der Waals surface area (Å²) in [6, 6.07) is -0.498. The van der Waals surface area contributed by atoms with Gasteiger partial charge in [-0.3, -0.25) is 28.9 Å². The first-order valence-electron chi connectivity index (χ1n) is 24.4. The number of urea groups is 1. The summed E-state index contributed by atoms with van der Waals surface area (Å²) in [7, 11) is 3.89. The zero-order valence-corrected chi connectivity index (χ0v) is 39.8. The fourth-order valence-electron chi connectivity index (χ4n) is 7.04. The van der Waals surface area contributed by atoms with Crippen molar-refractivity contribution in [2.75, 3.05) is 46.9 Å². The van der Waals surface area contributed by atoms with Crippen LogP contribution in [-0.4, -0.2) is 105 Å². The quantitative estimate of drug-likeness (QED) is 0.0355. The Hall–Kier alpha value is -3.22. The Morgan fingerprint density at radius 1 is 0.492 bits per heavy atom. The summed E-state index contributed by atoms with van der Waals surface area (Å²) in [5, 5.41) is 2.81. The average Bonchev–Trinajstić information content (AvgIpc) is 3.23. The van der Waals surface area contributed by atoms with Crippen molar-refractivity contribution in [1.82, 2.24) is 15.1 Å². The molecule has 0 aromatic heterocycles. The SMILES string of the molecule is CCCCCCCCC(CC)OC(=O)CCCCC(=O)OCCC(CCOC(=O)CCCCC(=O)OC(CC)CCCCCCCC)C(=O)N(CC)C(=O)NCCCN(C)C. The number of hydrogen-bond donors (Lipinski definition) is 1. The number of amides is 3. The van der Waals surface area contributed by atoms with Gasteiger partial charge in [0.05, 0.1) is 13.2 Å². The number of unbranched alkanes of at least 4 members (excludes halogenated alkanes) is 12. The molecule has 0 bridgehead atoms. The summed E-state index contributed by atoms with van der Waals surface area (Å²) in [6.45, 7) is 11.4. The second-order valence-electron chi connectivity index (χ2n) is 16.8. The van der Waals surface area contributed by atoms with E-state index in [1.54, 1.807) is 6.92 Å². The van der Waals surface area contributed by atoms with E-state index in [0.717, 1.165) is 69.2 Å². The number of carbonyl (C=O) groups excluding carboxylic acids is 6. The molecule has 0 aromatic carbocycles. The van der Waals surface area contributed by atoms with Crippen molar-refractivity contribution in [3.8, 4) is 0 Å². The maximum absolute atomic E-state index is 13.7. The van der Waals surface area contributed by atoms with E-state index in [2.05, 4.69) is 19.2 Å². The molecule has 0 aliphatic carbocycles. The molecule has 3 amide bonds. The summed E-state index contributed by atoms with van der Waals surface area (Å²) >= 11 is 0. The first-order valence-corrected chi connectivity index (χ1v) is 24.4. The van der Waals surface area contributed by atoms with E-state index in [0.29, 0.717) is 32.2 Å². The number of imide groups is 1. The van der Waals surface area contributed by atoms with Crippen LogP contribution in [0.15, 0.2) is 0 Å². The number of nitrogens with zero attached hydrogens (tertiary/aromatic N) is 2. The number of hydrogen-bond acceptors (Lipinski definition) is 11. The van der Waals surface area contributed by atoms with Gasteiger partial charge in [0.25, 0.3) is 0 Å². The van der Waals surface area contributed by atoms with Gasteiger partial charge in [0.2, 0.25) is 5.91 Å². The monoisotopic (exact) mass is 868 g/mol. The zero-order chi connectivity index (χ0) is 45.5. The summed E-state index contributed by atoms with van der Waals surface area (Å²) in [5.41, 5.74) is 0. The molecule has 0 aliphatic heterocycles. The molecular formula is C48H89N3O10. The molecular weight excluding hydrogens is 779 g/mol. The summed E-state index contributed by atoms with van der Waals surface area (Å²) < 4.78 is 22.3. The minimum atomic E-state index is -0.733. The highest BCUT2D eigenvalue weighted by atomic mass is 16.6. The fraction of sp³-hybridized carbons (Fsp3) is 0.875. The van der Waals surface area contributed by atoms with Crippen molar-refractivity contribution in [3.63, 3.8) is 0 Å². The maximum Gasteiger partial charge on any atom is 0.324 e. The molecule has 13 nitrogen and oxygen atoms in total. The van der Waals surface area contributed by atoms with Gasteiger partial charge < -0.3 is 29.2 Å². The zero-order valence-electron chi connectivity index (χ0n) is 39.8. The van der Waals surface area contributed by atoms with Gasteiger partial charge in [-0.2, -0.15) is 0 Å². The summed E-state index contributed by atoms with van der Waals surface area (Å²) in [6.07, 6.45) is 21.2. The molecule has 1 N–H and O–H groups in total. The maximum atomic E-state index is 13.7. The molecule has 0 rings (SSSR count). The van der Waals surface area contributed by atoms with E-state index < -0.39 is 29.8 Å². The molecule has 0 heterocycles. The molecule has 0 saturated heterocycles. The first-order chi connectivity index (χ1) is 29.4. The number of rotatable bonds is 40. The van der Waals surface area contributed by atoms with Crippen LogP contribution in [0.5, 0.6) is 0 Å². The van der Waals surface area contributed by atoms with Crippen LogP contribution in [0.2, 0.25) is 0 Å². The van der Waals surface area contributed by atoms with Crippen molar-refractivity contribution in [2.45, 2.75) is 220 Å². The second-order valence-corrected chi connectivity index (χ2v) is 16.8.